The van der Waals surface area contributed by atoms with Crippen LogP contribution < -0.4 is 0 Å². The predicted molar refractivity (Wildman–Crippen MR) is 184 cm³/mol. The molecule has 0 N–H and O–H groups in total. The standard InChI is InChI=1S/C40H28N6/c1-40(2)30-20-21-33-34(35(30)36-31(40)22-23-41-45-36)29-18-9-10-19-32(29)46(33)28-17-11-16-27(24-28)39-43-37(25-12-5-3-6-13-25)42-38(44-39)26-14-7-4-8-15-26/h3-24H,1-2H3. The Labute approximate surface area is 266 Å². The second-order valence-electron chi connectivity index (χ2n) is 12.2. The number of benzene rings is 5. The molecule has 6 nitrogen and oxygen atoms in total. The Morgan fingerprint density at radius 1 is 0.543 bits per heavy atom. The van der Waals surface area contributed by atoms with E-state index in [1.807, 2.05) is 60.7 Å². The van der Waals surface area contributed by atoms with Gasteiger partial charge < -0.3 is 4.57 Å². The normalized spacial score (nSPS) is 13.2. The fourth-order valence-corrected chi connectivity index (χ4v) is 6.99. The maximum atomic E-state index is 4.99. The molecule has 0 radical (unpaired) electrons. The molecule has 3 heterocycles. The number of para-hydroxylation sites is 1. The lowest BCUT2D eigenvalue weighted by Crippen LogP contribution is -2.15. The second-order valence-corrected chi connectivity index (χ2v) is 12.2. The fourth-order valence-electron chi connectivity index (χ4n) is 6.99. The molecule has 0 aliphatic heterocycles. The maximum Gasteiger partial charge on any atom is 0.164 e. The van der Waals surface area contributed by atoms with Crippen molar-refractivity contribution >= 4 is 21.8 Å². The van der Waals surface area contributed by atoms with Crippen LogP contribution >= 0.6 is 0 Å². The molecule has 1 aliphatic carbocycles. The predicted octanol–water partition coefficient (Wildman–Crippen LogP) is 9.07. The van der Waals surface area contributed by atoms with Gasteiger partial charge in [0, 0.05) is 50.3 Å². The zero-order valence-corrected chi connectivity index (χ0v) is 25.4. The van der Waals surface area contributed by atoms with E-state index in [1.54, 1.807) is 6.20 Å². The number of rotatable bonds is 4. The third-order valence-corrected chi connectivity index (χ3v) is 9.20. The molecule has 0 saturated carbocycles. The molecule has 0 saturated heterocycles. The minimum Gasteiger partial charge on any atom is -0.309 e. The molecule has 218 valence electrons. The van der Waals surface area contributed by atoms with Crippen LogP contribution in [0.15, 0.2) is 134 Å². The van der Waals surface area contributed by atoms with E-state index >= 15 is 0 Å². The second kappa shape index (κ2) is 10.0. The van der Waals surface area contributed by atoms with Gasteiger partial charge in [0.2, 0.25) is 0 Å². The van der Waals surface area contributed by atoms with Crippen molar-refractivity contribution in [3.63, 3.8) is 0 Å². The maximum absolute atomic E-state index is 4.99. The van der Waals surface area contributed by atoms with Crippen LogP contribution in [0.2, 0.25) is 0 Å². The molecule has 0 amide bonds. The van der Waals surface area contributed by atoms with Gasteiger partial charge in [-0.15, -0.1) is 0 Å². The van der Waals surface area contributed by atoms with E-state index in [-0.39, 0.29) is 5.41 Å². The SMILES string of the molecule is CC1(C)c2ccnnc2-c2c1ccc1c2c2ccccc2n1-c1cccc(-c2nc(-c3ccccc3)nc(-c3ccccc3)n2)c1. The first-order chi connectivity index (χ1) is 22.6. The monoisotopic (exact) mass is 592 g/mol. The van der Waals surface area contributed by atoms with E-state index in [9.17, 15) is 0 Å². The van der Waals surface area contributed by atoms with Crippen molar-refractivity contribution in [3.05, 3.63) is 145 Å². The van der Waals surface area contributed by atoms with Crippen molar-refractivity contribution in [1.29, 1.82) is 0 Å². The van der Waals surface area contributed by atoms with Gasteiger partial charge in [0.15, 0.2) is 17.5 Å². The summed E-state index contributed by atoms with van der Waals surface area (Å²) in [7, 11) is 0. The Hall–Kier alpha value is -6.01. The van der Waals surface area contributed by atoms with Crippen LogP contribution in [0, 0.1) is 0 Å². The summed E-state index contributed by atoms with van der Waals surface area (Å²) in [5.41, 5.74) is 10.6. The Bertz CT molecular complexity index is 2390. The summed E-state index contributed by atoms with van der Waals surface area (Å²) in [5, 5.41) is 11.4. The highest BCUT2D eigenvalue weighted by Gasteiger charge is 2.38. The summed E-state index contributed by atoms with van der Waals surface area (Å²) in [6.45, 7) is 4.55. The molecule has 0 spiro atoms. The van der Waals surface area contributed by atoms with Gasteiger partial charge in [-0.2, -0.15) is 10.2 Å². The van der Waals surface area contributed by atoms with Crippen LogP contribution in [0.1, 0.15) is 25.0 Å². The molecule has 0 bridgehead atoms. The van der Waals surface area contributed by atoms with Crippen molar-refractivity contribution in [2.75, 3.05) is 0 Å². The molecule has 0 fully saturated rings. The van der Waals surface area contributed by atoms with Gasteiger partial charge in [-0.3, -0.25) is 0 Å². The molecule has 1 aliphatic rings. The first-order valence-electron chi connectivity index (χ1n) is 15.4. The van der Waals surface area contributed by atoms with Crippen molar-refractivity contribution in [3.8, 4) is 51.1 Å². The Balaban J connectivity index is 1.27. The van der Waals surface area contributed by atoms with Crippen molar-refractivity contribution in [2.45, 2.75) is 19.3 Å². The van der Waals surface area contributed by atoms with E-state index in [2.05, 4.69) is 95.3 Å². The number of hydrogen-bond acceptors (Lipinski definition) is 5. The minimum absolute atomic E-state index is 0.163. The van der Waals surface area contributed by atoms with Crippen molar-refractivity contribution in [2.24, 2.45) is 0 Å². The van der Waals surface area contributed by atoms with Gasteiger partial charge in [0.1, 0.15) is 0 Å². The van der Waals surface area contributed by atoms with Gasteiger partial charge in [0.25, 0.3) is 0 Å². The smallest absolute Gasteiger partial charge is 0.164 e. The molecule has 3 aromatic heterocycles. The highest BCUT2D eigenvalue weighted by atomic mass is 15.1. The van der Waals surface area contributed by atoms with Crippen LogP contribution in [0.3, 0.4) is 0 Å². The molecule has 8 aromatic rings. The summed E-state index contributed by atoms with van der Waals surface area (Å²) in [6, 6.07) is 43.9. The van der Waals surface area contributed by atoms with Gasteiger partial charge in [-0.25, -0.2) is 15.0 Å². The largest absolute Gasteiger partial charge is 0.309 e. The Morgan fingerprint density at radius 3 is 1.89 bits per heavy atom. The van der Waals surface area contributed by atoms with Crippen LogP contribution in [0.5, 0.6) is 0 Å². The number of nitrogens with zero attached hydrogens (tertiary/aromatic N) is 6. The van der Waals surface area contributed by atoms with E-state index in [0.29, 0.717) is 17.5 Å². The highest BCUT2D eigenvalue weighted by Crippen LogP contribution is 2.52. The van der Waals surface area contributed by atoms with E-state index in [0.717, 1.165) is 39.1 Å². The van der Waals surface area contributed by atoms with E-state index < -0.39 is 0 Å². The molecule has 5 aromatic carbocycles. The third-order valence-electron chi connectivity index (χ3n) is 9.20. The fraction of sp³-hybridized carbons (Fsp3) is 0.0750. The van der Waals surface area contributed by atoms with Gasteiger partial charge in [0.05, 0.1) is 16.7 Å². The van der Waals surface area contributed by atoms with Gasteiger partial charge in [-0.05, 0) is 41.5 Å². The van der Waals surface area contributed by atoms with Gasteiger partial charge >= 0.3 is 0 Å². The van der Waals surface area contributed by atoms with Crippen LogP contribution in [-0.4, -0.2) is 29.7 Å². The minimum atomic E-state index is -0.163. The highest BCUT2D eigenvalue weighted by molar-refractivity contribution is 6.17. The first kappa shape index (κ1) is 26.4. The zero-order valence-electron chi connectivity index (χ0n) is 25.4. The lowest BCUT2D eigenvalue weighted by atomic mass is 9.82. The van der Waals surface area contributed by atoms with E-state index in [1.165, 1.54) is 27.5 Å². The zero-order chi connectivity index (χ0) is 30.8. The molecular formula is C40H28N6. The topological polar surface area (TPSA) is 69.4 Å². The molecule has 0 atom stereocenters. The van der Waals surface area contributed by atoms with Crippen LogP contribution in [-0.2, 0) is 5.41 Å². The summed E-state index contributed by atoms with van der Waals surface area (Å²) in [4.78, 5) is 14.9. The average molecular weight is 593 g/mol. The number of aromatic nitrogens is 6. The molecule has 6 heteroatoms. The lowest BCUT2D eigenvalue weighted by Gasteiger charge is -2.20. The quantitative estimate of drug-likeness (QED) is 0.204. The lowest BCUT2D eigenvalue weighted by molar-refractivity contribution is 0.657. The molecular weight excluding hydrogens is 564 g/mol. The summed E-state index contributed by atoms with van der Waals surface area (Å²) in [6.07, 6.45) is 1.80. The van der Waals surface area contributed by atoms with Gasteiger partial charge in [-0.1, -0.05) is 111 Å². The van der Waals surface area contributed by atoms with Crippen molar-refractivity contribution < 1.29 is 0 Å². The average Bonchev–Trinajstić information content (AvgIpc) is 3.58. The molecule has 46 heavy (non-hydrogen) atoms. The summed E-state index contributed by atoms with van der Waals surface area (Å²) < 4.78 is 2.34. The van der Waals surface area contributed by atoms with Crippen molar-refractivity contribution in [1.82, 2.24) is 29.7 Å². The molecule has 9 rings (SSSR count). The Morgan fingerprint density at radius 2 is 1.17 bits per heavy atom. The first-order valence-corrected chi connectivity index (χ1v) is 15.4. The summed E-state index contributed by atoms with van der Waals surface area (Å²) >= 11 is 0. The number of fused-ring (bicyclic) bond motifs is 7. The van der Waals surface area contributed by atoms with E-state index in [4.69, 9.17) is 15.0 Å². The van der Waals surface area contributed by atoms with Crippen LogP contribution in [0.25, 0.3) is 72.9 Å². The Kier molecular flexibility index (Phi) is 5.74. The van der Waals surface area contributed by atoms with Crippen LogP contribution in [0.4, 0.5) is 0 Å². The molecule has 0 unspecified atom stereocenters. The summed E-state index contributed by atoms with van der Waals surface area (Å²) in [5.74, 6) is 1.91. The third kappa shape index (κ3) is 3.93. The number of hydrogen-bond donors (Lipinski definition) is 0.